The molecule has 0 spiro atoms. The number of terminal acetylenes is 1. The van der Waals surface area contributed by atoms with Crippen LogP contribution in [-0.4, -0.2) is 27.1 Å². The van der Waals surface area contributed by atoms with Crippen molar-refractivity contribution < 1.29 is 4.79 Å². The van der Waals surface area contributed by atoms with Gasteiger partial charge in [0.25, 0.3) is 5.91 Å². The van der Waals surface area contributed by atoms with Crippen molar-refractivity contribution in [3.8, 4) is 18.0 Å². The van der Waals surface area contributed by atoms with Gasteiger partial charge in [0.1, 0.15) is 0 Å². The molecule has 3 rings (SSSR count). The van der Waals surface area contributed by atoms with E-state index >= 15 is 0 Å². The molecule has 3 aromatic rings. The Labute approximate surface area is 158 Å². The first-order chi connectivity index (χ1) is 12.6. The predicted molar refractivity (Wildman–Crippen MR) is 103 cm³/mol. The Hall–Kier alpha value is -3.03. The highest BCUT2D eigenvalue weighted by atomic mass is 35.5. The van der Waals surface area contributed by atoms with Gasteiger partial charge in [0.2, 0.25) is 0 Å². The Kier molecular flexibility index (Phi) is 5.40. The van der Waals surface area contributed by atoms with Crippen LogP contribution in [0, 0.1) is 19.3 Å². The van der Waals surface area contributed by atoms with E-state index in [-0.39, 0.29) is 12.5 Å². The smallest absolute Gasteiger partial charge is 0.258 e. The molecule has 1 amide bonds. The van der Waals surface area contributed by atoms with Gasteiger partial charge in [-0.3, -0.25) is 4.79 Å². The van der Waals surface area contributed by atoms with E-state index in [2.05, 4.69) is 11.0 Å². The molecule has 0 aliphatic rings. The van der Waals surface area contributed by atoms with Gasteiger partial charge < -0.3 is 4.90 Å². The van der Waals surface area contributed by atoms with Crippen molar-refractivity contribution in [2.75, 3.05) is 6.54 Å². The highest BCUT2D eigenvalue weighted by Gasteiger charge is 2.17. The molecule has 2 aromatic carbocycles. The maximum absolute atomic E-state index is 12.9. The standard InChI is InChI=1S/C21H18ClN3O/c1-3-11-24(14-17-9-7-16(2)8-10-17)21(26)18-13-23-25(15-18)20-6-4-5-19(22)12-20/h1,4-10,12-13,15H,11,14H2,2H3. The van der Waals surface area contributed by atoms with Gasteiger partial charge in [-0.2, -0.15) is 5.10 Å². The third-order valence-corrected chi connectivity index (χ3v) is 4.20. The first kappa shape index (κ1) is 17.8. The summed E-state index contributed by atoms with van der Waals surface area (Å²) in [6, 6.07) is 15.3. The summed E-state index contributed by atoms with van der Waals surface area (Å²) in [4.78, 5) is 14.5. The largest absolute Gasteiger partial charge is 0.323 e. The van der Waals surface area contributed by atoms with Crippen molar-refractivity contribution in [1.82, 2.24) is 14.7 Å². The van der Waals surface area contributed by atoms with E-state index in [0.717, 1.165) is 11.3 Å². The lowest BCUT2D eigenvalue weighted by Crippen LogP contribution is -2.30. The zero-order chi connectivity index (χ0) is 18.5. The monoisotopic (exact) mass is 363 g/mol. The first-order valence-corrected chi connectivity index (χ1v) is 8.53. The average Bonchev–Trinajstić information content (AvgIpc) is 3.13. The first-order valence-electron chi connectivity index (χ1n) is 8.16. The van der Waals surface area contributed by atoms with Crippen LogP contribution in [0.15, 0.2) is 60.9 Å². The number of benzene rings is 2. The quantitative estimate of drug-likeness (QED) is 0.640. The minimum Gasteiger partial charge on any atom is -0.323 e. The van der Waals surface area contributed by atoms with Crippen LogP contribution in [0.5, 0.6) is 0 Å². The topological polar surface area (TPSA) is 38.1 Å². The number of carbonyl (C=O) groups excluding carboxylic acids is 1. The molecule has 0 unspecified atom stereocenters. The zero-order valence-electron chi connectivity index (χ0n) is 14.4. The Morgan fingerprint density at radius 3 is 2.73 bits per heavy atom. The molecule has 5 heteroatoms. The van der Waals surface area contributed by atoms with Gasteiger partial charge in [0.05, 0.1) is 24.0 Å². The van der Waals surface area contributed by atoms with E-state index in [1.807, 2.05) is 43.3 Å². The van der Waals surface area contributed by atoms with E-state index in [1.54, 1.807) is 34.1 Å². The molecule has 0 fully saturated rings. The highest BCUT2D eigenvalue weighted by Crippen LogP contribution is 2.16. The van der Waals surface area contributed by atoms with E-state index in [0.29, 0.717) is 17.1 Å². The summed E-state index contributed by atoms with van der Waals surface area (Å²) >= 11 is 6.02. The summed E-state index contributed by atoms with van der Waals surface area (Å²) in [6.45, 7) is 2.71. The molecule has 0 radical (unpaired) electrons. The molecular weight excluding hydrogens is 346 g/mol. The summed E-state index contributed by atoms with van der Waals surface area (Å²) in [5.41, 5.74) is 3.47. The third kappa shape index (κ3) is 4.14. The number of aryl methyl sites for hydroxylation is 1. The van der Waals surface area contributed by atoms with E-state index in [9.17, 15) is 4.79 Å². The van der Waals surface area contributed by atoms with Crippen LogP contribution in [0.25, 0.3) is 5.69 Å². The minimum absolute atomic E-state index is 0.156. The average molecular weight is 364 g/mol. The molecule has 26 heavy (non-hydrogen) atoms. The lowest BCUT2D eigenvalue weighted by atomic mass is 10.1. The van der Waals surface area contributed by atoms with Gasteiger partial charge in [-0.05, 0) is 30.7 Å². The minimum atomic E-state index is -0.156. The zero-order valence-corrected chi connectivity index (χ0v) is 15.1. The molecule has 0 bridgehead atoms. The second-order valence-corrected chi connectivity index (χ2v) is 6.44. The number of rotatable bonds is 5. The highest BCUT2D eigenvalue weighted by molar-refractivity contribution is 6.30. The van der Waals surface area contributed by atoms with E-state index < -0.39 is 0 Å². The second kappa shape index (κ2) is 7.90. The fourth-order valence-corrected chi connectivity index (χ4v) is 2.78. The van der Waals surface area contributed by atoms with Crippen LogP contribution < -0.4 is 0 Å². The molecule has 1 aromatic heterocycles. The van der Waals surface area contributed by atoms with Gasteiger partial charge in [0.15, 0.2) is 0 Å². The summed E-state index contributed by atoms with van der Waals surface area (Å²) in [5, 5.41) is 4.88. The molecule has 4 nitrogen and oxygen atoms in total. The Bertz CT molecular complexity index is 954. The SMILES string of the molecule is C#CCN(Cc1ccc(C)cc1)C(=O)c1cnn(-c2cccc(Cl)c2)c1. The predicted octanol–water partition coefficient (Wildman–Crippen LogP) is 4.11. The van der Waals surface area contributed by atoms with Crippen molar-refractivity contribution in [1.29, 1.82) is 0 Å². The summed E-state index contributed by atoms with van der Waals surface area (Å²) < 4.78 is 1.62. The molecule has 0 saturated carbocycles. The summed E-state index contributed by atoms with van der Waals surface area (Å²) in [7, 11) is 0. The second-order valence-electron chi connectivity index (χ2n) is 6.00. The molecule has 0 aliphatic heterocycles. The number of hydrogen-bond donors (Lipinski definition) is 0. The molecule has 0 atom stereocenters. The molecule has 0 aliphatic carbocycles. The van der Waals surface area contributed by atoms with Gasteiger partial charge in [-0.1, -0.05) is 53.4 Å². The number of hydrogen-bond acceptors (Lipinski definition) is 2. The molecule has 1 heterocycles. The van der Waals surface area contributed by atoms with Gasteiger partial charge >= 0.3 is 0 Å². The van der Waals surface area contributed by atoms with Crippen LogP contribution in [-0.2, 0) is 6.54 Å². The van der Waals surface area contributed by atoms with Crippen molar-refractivity contribution in [3.63, 3.8) is 0 Å². The Morgan fingerprint density at radius 1 is 1.27 bits per heavy atom. The Balaban J connectivity index is 1.81. The van der Waals surface area contributed by atoms with E-state index in [4.69, 9.17) is 18.0 Å². The summed E-state index contributed by atoms with van der Waals surface area (Å²) in [6.07, 6.45) is 8.69. The number of nitrogens with zero attached hydrogens (tertiary/aromatic N) is 3. The lowest BCUT2D eigenvalue weighted by molar-refractivity contribution is 0.0766. The van der Waals surface area contributed by atoms with Crippen molar-refractivity contribution in [2.45, 2.75) is 13.5 Å². The van der Waals surface area contributed by atoms with Gasteiger partial charge in [0, 0.05) is 17.8 Å². The molecule has 0 N–H and O–H groups in total. The molecular formula is C21H18ClN3O. The van der Waals surface area contributed by atoms with Crippen molar-refractivity contribution >= 4 is 17.5 Å². The fourth-order valence-electron chi connectivity index (χ4n) is 2.60. The van der Waals surface area contributed by atoms with Crippen molar-refractivity contribution in [2.24, 2.45) is 0 Å². The Morgan fingerprint density at radius 2 is 2.04 bits per heavy atom. The maximum atomic E-state index is 12.9. The summed E-state index contributed by atoms with van der Waals surface area (Å²) in [5.74, 6) is 2.40. The van der Waals surface area contributed by atoms with Crippen LogP contribution in [0.4, 0.5) is 0 Å². The number of amides is 1. The number of carbonyl (C=O) groups is 1. The number of aromatic nitrogens is 2. The van der Waals surface area contributed by atoms with Crippen LogP contribution in [0.3, 0.4) is 0 Å². The van der Waals surface area contributed by atoms with Gasteiger partial charge in [-0.15, -0.1) is 6.42 Å². The van der Waals surface area contributed by atoms with E-state index in [1.165, 1.54) is 5.56 Å². The van der Waals surface area contributed by atoms with Gasteiger partial charge in [-0.25, -0.2) is 4.68 Å². The molecule has 0 saturated heterocycles. The third-order valence-electron chi connectivity index (χ3n) is 3.97. The fraction of sp³-hybridized carbons (Fsp3) is 0.143. The molecule has 130 valence electrons. The normalized spacial score (nSPS) is 10.3. The maximum Gasteiger partial charge on any atom is 0.258 e. The van der Waals surface area contributed by atoms with Crippen LogP contribution in [0.1, 0.15) is 21.5 Å². The number of halogens is 1. The lowest BCUT2D eigenvalue weighted by Gasteiger charge is -2.19. The van der Waals surface area contributed by atoms with Crippen LogP contribution >= 0.6 is 11.6 Å². The van der Waals surface area contributed by atoms with Crippen molar-refractivity contribution in [3.05, 3.63) is 82.6 Å². The van der Waals surface area contributed by atoms with Crippen LogP contribution in [0.2, 0.25) is 5.02 Å².